The van der Waals surface area contributed by atoms with Gasteiger partial charge in [-0.2, -0.15) is 0 Å². The van der Waals surface area contributed by atoms with Crippen LogP contribution in [0.2, 0.25) is 0 Å². The summed E-state index contributed by atoms with van der Waals surface area (Å²) in [7, 11) is 2.34. The quantitative estimate of drug-likeness (QED) is 0.632. The normalized spacial score (nSPS) is 22.3. The monoisotopic (exact) mass is 218 g/mol. The van der Waals surface area contributed by atoms with E-state index in [1.165, 1.54) is 6.42 Å². The molecule has 0 aromatic heterocycles. The van der Waals surface area contributed by atoms with Crippen LogP contribution in [-0.2, 0) is 0 Å². The minimum Gasteiger partial charge on any atom is -0.103 e. The van der Waals surface area contributed by atoms with E-state index in [0.29, 0.717) is 11.8 Å². The van der Waals surface area contributed by atoms with Gasteiger partial charge in [-0.25, -0.2) is 0 Å². The summed E-state index contributed by atoms with van der Waals surface area (Å²) < 4.78 is 0. The molecular weight excluding hydrogens is 191 g/mol. The van der Waals surface area contributed by atoms with Crippen molar-refractivity contribution in [1.29, 1.82) is 0 Å². The third kappa shape index (κ3) is 2.81. The summed E-state index contributed by atoms with van der Waals surface area (Å²) in [4.78, 5) is 0. The van der Waals surface area contributed by atoms with Gasteiger partial charge in [0, 0.05) is 0 Å². The van der Waals surface area contributed by atoms with Crippen LogP contribution in [0.3, 0.4) is 0 Å². The van der Waals surface area contributed by atoms with Crippen LogP contribution >= 0.6 is 0 Å². The van der Waals surface area contributed by atoms with E-state index in [0.717, 1.165) is 11.8 Å². The Labute approximate surface area is 103 Å². The van der Waals surface area contributed by atoms with Gasteiger partial charge in [-0.1, -0.05) is 58.8 Å². The Morgan fingerprint density at radius 3 is 2.00 bits per heavy atom. The highest BCUT2D eigenvalue weighted by Gasteiger charge is 2.25. The molecule has 0 N–H and O–H groups in total. The molecule has 0 spiro atoms. The zero-order valence-electron chi connectivity index (χ0n) is 12.1. The van der Waals surface area contributed by atoms with E-state index in [1.807, 2.05) is 0 Å². The van der Waals surface area contributed by atoms with Crippen molar-refractivity contribution in [1.82, 2.24) is 0 Å². The zero-order chi connectivity index (χ0) is 12.5. The van der Waals surface area contributed by atoms with Gasteiger partial charge in [0.05, 0.1) is 0 Å². The Bertz CT molecular complexity index is 305. The lowest BCUT2D eigenvalue weighted by Gasteiger charge is -2.32. The SMILES string of the molecule is BC1=C(C(C)C)C=C(C(C)C)CC1C(C)C. The first kappa shape index (κ1) is 13.6. The molecule has 0 aromatic carbocycles. The molecule has 1 unspecified atom stereocenters. The molecule has 1 aliphatic rings. The second kappa shape index (κ2) is 5.25. The van der Waals surface area contributed by atoms with Gasteiger partial charge in [0.2, 0.25) is 0 Å². The molecule has 0 amide bonds. The van der Waals surface area contributed by atoms with Gasteiger partial charge in [-0.3, -0.25) is 0 Å². The highest BCUT2D eigenvalue weighted by atomic mass is 14.3. The maximum Gasteiger partial charge on any atom is 0.134 e. The summed E-state index contributed by atoms with van der Waals surface area (Å²) in [5.74, 6) is 2.88. The molecule has 1 heteroatoms. The summed E-state index contributed by atoms with van der Waals surface area (Å²) in [5, 5.41) is 0. The summed E-state index contributed by atoms with van der Waals surface area (Å²) >= 11 is 0. The maximum absolute atomic E-state index is 2.48. The smallest absolute Gasteiger partial charge is 0.103 e. The van der Waals surface area contributed by atoms with E-state index in [2.05, 4.69) is 55.5 Å². The van der Waals surface area contributed by atoms with Gasteiger partial charge in [-0.15, -0.1) is 5.47 Å². The van der Waals surface area contributed by atoms with E-state index in [9.17, 15) is 0 Å². The fraction of sp³-hybridized carbons (Fsp3) is 0.733. The Kier molecular flexibility index (Phi) is 4.47. The van der Waals surface area contributed by atoms with Crippen molar-refractivity contribution in [2.75, 3.05) is 0 Å². The van der Waals surface area contributed by atoms with Crippen molar-refractivity contribution in [3.63, 3.8) is 0 Å². The molecule has 0 heterocycles. The predicted octanol–water partition coefficient (Wildman–Crippen LogP) is 3.79. The highest BCUT2D eigenvalue weighted by molar-refractivity contribution is 6.22. The molecule has 0 fully saturated rings. The number of hydrogen-bond donors (Lipinski definition) is 0. The molecule has 0 saturated heterocycles. The Hall–Kier alpha value is -0.455. The van der Waals surface area contributed by atoms with Crippen LogP contribution in [0.4, 0.5) is 0 Å². The van der Waals surface area contributed by atoms with Gasteiger partial charge in [0.1, 0.15) is 7.85 Å². The van der Waals surface area contributed by atoms with E-state index in [1.54, 1.807) is 16.6 Å². The van der Waals surface area contributed by atoms with Crippen LogP contribution in [0.25, 0.3) is 0 Å². The third-order valence-corrected chi connectivity index (χ3v) is 3.98. The largest absolute Gasteiger partial charge is 0.134 e. The van der Waals surface area contributed by atoms with Crippen molar-refractivity contribution >= 4 is 7.85 Å². The van der Waals surface area contributed by atoms with Crippen LogP contribution < -0.4 is 0 Å². The van der Waals surface area contributed by atoms with Crippen molar-refractivity contribution in [2.24, 2.45) is 23.7 Å². The minimum atomic E-state index is 0.662. The van der Waals surface area contributed by atoms with E-state index < -0.39 is 0 Å². The molecular formula is C15H27B. The van der Waals surface area contributed by atoms with E-state index in [4.69, 9.17) is 0 Å². The summed E-state index contributed by atoms with van der Waals surface area (Å²) in [6.45, 7) is 14.0. The zero-order valence-corrected chi connectivity index (χ0v) is 12.1. The molecule has 1 atom stereocenters. The predicted molar refractivity (Wildman–Crippen MR) is 76.3 cm³/mol. The lowest BCUT2D eigenvalue weighted by atomic mass is 9.66. The standard InChI is InChI=1S/C15H27B/c1-9(2)12-7-13(10(3)4)15(16)14(8-12)11(5)6/h7,9-11,14H,8,16H2,1-6H3. The molecule has 0 saturated carbocycles. The van der Waals surface area contributed by atoms with Gasteiger partial charge in [-0.05, 0) is 30.1 Å². The molecule has 0 aromatic rings. The first-order valence-electron chi connectivity index (χ1n) is 6.75. The molecule has 0 aliphatic heterocycles. The minimum absolute atomic E-state index is 0.662. The summed E-state index contributed by atoms with van der Waals surface area (Å²) in [6.07, 6.45) is 3.75. The lowest BCUT2D eigenvalue weighted by Crippen LogP contribution is -2.21. The summed E-state index contributed by atoms with van der Waals surface area (Å²) in [5.41, 5.74) is 4.87. The van der Waals surface area contributed by atoms with Crippen molar-refractivity contribution < 1.29 is 0 Å². The fourth-order valence-electron chi connectivity index (χ4n) is 2.75. The molecule has 0 bridgehead atoms. The van der Waals surface area contributed by atoms with E-state index >= 15 is 0 Å². The highest BCUT2D eigenvalue weighted by Crippen LogP contribution is 2.37. The third-order valence-electron chi connectivity index (χ3n) is 3.98. The number of rotatable bonds is 3. The van der Waals surface area contributed by atoms with Crippen molar-refractivity contribution in [3.05, 3.63) is 22.7 Å². The van der Waals surface area contributed by atoms with Crippen molar-refractivity contribution in [3.8, 4) is 0 Å². The van der Waals surface area contributed by atoms with Crippen LogP contribution in [0.1, 0.15) is 48.0 Å². The molecule has 16 heavy (non-hydrogen) atoms. The van der Waals surface area contributed by atoms with Gasteiger partial charge in [0.15, 0.2) is 0 Å². The molecule has 0 nitrogen and oxygen atoms in total. The van der Waals surface area contributed by atoms with Gasteiger partial charge >= 0.3 is 0 Å². The van der Waals surface area contributed by atoms with Crippen LogP contribution in [0, 0.1) is 23.7 Å². The van der Waals surface area contributed by atoms with Crippen LogP contribution in [-0.4, -0.2) is 7.85 Å². The van der Waals surface area contributed by atoms with Crippen LogP contribution in [0.5, 0.6) is 0 Å². The second-order valence-corrected chi connectivity index (χ2v) is 6.22. The Balaban J connectivity index is 3.11. The second-order valence-electron chi connectivity index (χ2n) is 6.22. The van der Waals surface area contributed by atoms with Gasteiger partial charge in [0.25, 0.3) is 0 Å². The Morgan fingerprint density at radius 1 is 1.06 bits per heavy atom. The molecule has 1 rings (SSSR count). The molecule has 90 valence electrons. The fourth-order valence-corrected chi connectivity index (χ4v) is 2.75. The average Bonchev–Trinajstić information content (AvgIpc) is 2.16. The number of allylic oxidation sites excluding steroid dienone is 4. The maximum atomic E-state index is 2.48. The van der Waals surface area contributed by atoms with Crippen LogP contribution in [0.15, 0.2) is 22.7 Å². The average molecular weight is 218 g/mol. The van der Waals surface area contributed by atoms with Crippen molar-refractivity contribution in [2.45, 2.75) is 48.0 Å². The molecule has 0 radical (unpaired) electrons. The lowest BCUT2D eigenvalue weighted by molar-refractivity contribution is 0.428. The first-order chi connectivity index (χ1) is 7.34. The van der Waals surface area contributed by atoms with Gasteiger partial charge < -0.3 is 0 Å². The topological polar surface area (TPSA) is 0 Å². The number of hydrogen-bond acceptors (Lipinski definition) is 0. The van der Waals surface area contributed by atoms with E-state index in [-0.39, 0.29) is 0 Å². The molecule has 1 aliphatic carbocycles. The first-order valence-corrected chi connectivity index (χ1v) is 6.75. The Morgan fingerprint density at radius 2 is 1.62 bits per heavy atom. The summed E-state index contributed by atoms with van der Waals surface area (Å²) in [6, 6.07) is 0.